The fourth-order valence-corrected chi connectivity index (χ4v) is 7.82. The van der Waals surface area contributed by atoms with Crippen LogP contribution in [0.2, 0.25) is 0 Å². The molecule has 0 aromatic rings. The third-order valence-corrected chi connectivity index (χ3v) is 12.2. The molecule has 70 heavy (non-hydrogen) atoms. The molecule has 11 atom stereocenters. The largest absolute Gasteiger partial charge is 0.462 e. The molecule has 2 aliphatic heterocycles. The van der Waals surface area contributed by atoms with Crippen molar-refractivity contribution in [2.24, 2.45) is 0 Å². The smallest absolute Gasteiger partial charge is 0.306 e. The second-order valence-corrected chi connectivity index (χ2v) is 18.3. The zero-order valence-corrected chi connectivity index (χ0v) is 42.5. The van der Waals surface area contributed by atoms with Crippen LogP contribution in [0.5, 0.6) is 0 Å². The summed E-state index contributed by atoms with van der Waals surface area (Å²) >= 11 is 0. The highest BCUT2D eigenvalue weighted by Gasteiger charge is 2.47. The minimum Gasteiger partial charge on any atom is -0.462 e. The van der Waals surface area contributed by atoms with Crippen LogP contribution in [0.1, 0.15) is 168 Å². The van der Waals surface area contributed by atoms with Gasteiger partial charge in [0.1, 0.15) is 55.4 Å². The number of carbonyl (C=O) groups excluding carboxylic acids is 2. The zero-order chi connectivity index (χ0) is 51.0. The average molecular weight is 993 g/mol. The zero-order valence-electron chi connectivity index (χ0n) is 42.5. The third-order valence-electron chi connectivity index (χ3n) is 12.2. The second kappa shape index (κ2) is 41.4. The molecule has 0 amide bonds. The Morgan fingerprint density at radius 1 is 0.471 bits per heavy atom. The fourth-order valence-electron chi connectivity index (χ4n) is 7.82. The minimum absolute atomic E-state index is 0.121. The number of hydrogen-bond donors (Lipinski definition) is 7. The Labute approximate surface area is 419 Å². The number of esters is 2. The van der Waals surface area contributed by atoms with Gasteiger partial charge in [0.25, 0.3) is 0 Å². The monoisotopic (exact) mass is 993 g/mol. The first-order valence-electron chi connectivity index (χ1n) is 26.5. The summed E-state index contributed by atoms with van der Waals surface area (Å²) in [5.41, 5.74) is 0. The van der Waals surface area contributed by atoms with Crippen LogP contribution in [-0.2, 0) is 38.0 Å². The van der Waals surface area contributed by atoms with E-state index in [2.05, 4.69) is 86.8 Å². The van der Waals surface area contributed by atoms with E-state index in [0.29, 0.717) is 12.8 Å². The minimum atomic E-state index is -1.78. The van der Waals surface area contributed by atoms with Gasteiger partial charge >= 0.3 is 11.9 Å². The van der Waals surface area contributed by atoms with Gasteiger partial charge in [-0.3, -0.25) is 9.59 Å². The van der Waals surface area contributed by atoms with Crippen molar-refractivity contribution < 1.29 is 73.8 Å². The topological polar surface area (TPSA) is 231 Å². The van der Waals surface area contributed by atoms with Gasteiger partial charge in [0.15, 0.2) is 18.7 Å². The number of rotatable bonds is 40. The molecule has 0 aromatic carbocycles. The highest BCUT2D eigenvalue weighted by molar-refractivity contribution is 5.70. The van der Waals surface area contributed by atoms with Crippen LogP contribution in [0, 0.1) is 0 Å². The van der Waals surface area contributed by atoms with E-state index >= 15 is 0 Å². The Balaban J connectivity index is 1.82. The molecule has 402 valence electrons. The summed E-state index contributed by atoms with van der Waals surface area (Å²) in [6, 6.07) is 0. The van der Waals surface area contributed by atoms with Gasteiger partial charge in [-0.15, -0.1) is 0 Å². The van der Waals surface area contributed by atoms with Crippen LogP contribution in [0.3, 0.4) is 0 Å². The van der Waals surface area contributed by atoms with Crippen molar-refractivity contribution in [3.05, 3.63) is 72.9 Å². The molecule has 2 saturated heterocycles. The summed E-state index contributed by atoms with van der Waals surface area (Å²) in [4.78, 5) is 25.8. The normalized spacial score (nSPS) is 26.0. The van der Waals surface area contributed by atoms with E-state index < -0.39 is 99.3 Å². The predicted octanol–water partition coefficient (Wildman–Crippen LogP) is 7.82. The molecule has 15 heteroatoms. The quantitative estimate of drug-likeness (QED) is 0.0176. The SMILES string of the molecule is CC/C=C/C/C=C/C/C=C/C/C=C/C/C=C/CCCCCC(=O)O[C@H](COC(=O)CCCCCCC/C=C/CCCCCCCC)CO[C@H]1O[C@@H](CO[C@H]2O[C@@H](CO)[C@@H](O)C(O)C2O)[C@@H](O)C(O)C1O. The van der Waals surface area contributed by atoms with Gasteiger partial charge in [-0.25, -0.2) is 0 Å². The van der Waals surface area contributed by atoms with Crippen molar-refractivity contribution >= 4 is 11.9 Å². The Hall–Kier alpha value is -3.06. The lowest BCUT2D eigenvalue weighted by Gasteiger charge is -2.42. The van der Waals surface area contributed by atoms with Crippen molar-refractivity contribution in [1.82, 2.24) is 0 Å². The number of allylic oxidation sites excluding steroid dienone is 12. The van der Waals surface area contributed by atoms with Crippen LogP contribution in [-0.4, -0.2) is 142 Å². The Morgan fingerprint density at radius 2 is 0.900 bits per heavy atom. The van der Waals surface area contributed by atoms with Crippen molar-refractivity contribution in [1.29, 1.82) is 0 Å². The van der Waals surface area contributed by atoms with Crippen LogP contribution < -0.4 is 0 Å². The fraction of sp³-hybridized carbons (Fsp3) is 0.745. The first-order chi connectivity index (χ1) is 34.0. The van der Waals surface area contributed by atoms with E-state index in [1.54, 1.807) is 0 Å². The molecule has 4 unspecified atom stereocenters. The van der Waals surface area contributed by atoms with Gasteiger partial charge < -0.3 is 64.2 Å². The summed E-state index contributed by atoms with van der Waals surface area (Å²) in [5.74, 6) is -0.977. The maximum atomic E-state index is 13.0. The van der Waals surface area contributed by atoms with Crippen LogP contribution in [0.4, 0.5) is 0 Å². The molecule has 0 aliphatic carbocycles. The lowest BCUT2D eigenvalue weighted by molar-refractivity contribution is -0.332. The molecule has 2 fully saturated rings. The number of hydrogen-bond acceptors (Lipinski definition) is 15. The first kappa shape index (κ1) is 63.1. The molecule has 0 radical (unpaired) electrons. The van der Waals surface area contributed by atoms with Gasteiger partial charge in [-0.2, -0.15) is 0 Å². The Morgan fingerprint density at radius 3 is 1.44 bits per heavy atom. The maximum absolute atomic E-state index is 13.0. The summed E-state index contributed by atoms with van der Waals surface area (Å²) in [6.07, 6.45) is 32.1. The summed E-state index contributed by atoms with van der Waals surface area (Å²) in [7, 11) is 0. The van der Waals surface area contributed by atoms with Gasteiger partial charge in [0, 0.05) is 12.8 Å². The van der Waals surface area contributed by atoms with E-state index in [0.717, 1.165) is 89.9 Å². The van der Waals surface area contributed by atoms with E-state index in [1.807, 2.05) is 0 Å². The van der Waals surface area contributed by atoms with Crippen molar-refractivity contribution in [2.45, 2.75) is 235 Å². The summed E-state index contributed by atoms with van der Waals surface area (Å²) in [5, 5.41) is 72.1. The Kier molecular flexibility index (Phi) is 37.3. The number of aliphatic hydroxyl groups excluding tert-OH is 7. The van der Waals surface area contributed by atoms with Gasteiger partial charge in [0.05, 0.1) is 19.8 Å². The molecule has 0 saturated carbocycles. The van der Waals surface area contributed by atoms with Crippen molar-refractivity contribution in [3.63, 3.8) is 0 Å². The number of unbranched alkanes of at least 4 members (excludes halogenated alkanes) is 14. The molecule has 15 nitrogen and oxygen atoms in total. The highest BCUT2D eigenvalue weighted by atomic mass is 16.7. The number of aliphatic hydroxyl groups is 7. The highest BCUT2D eigenvalue weighted by Crippen LogP contribution is 2.26. The standard InChI is InChI=1S/C55H92O15/c1-3-5-7-9-11-13-15-17-19-20-21-22-24-26-28-30-32-34-36-38-47(58)68-43(40-65-46(57)37-35-33-31-29-27-25-23-18-16-14-12-10-8-6-4-2)41-66-54-53(64)51(62)49(60)45(70-54)42-67-55-52(63)50(61)48(59)44(39-56)69-55/h5,7,11,13,17-19,21-23,26,28,43-45,48-56,59-64H,3-4,6,8-10,12,14-16,20,24-25,27,29-42H2,1-2H3/b7-5+,13-11+,19-17+,22-21+,23-18+,28-26+/t43-,44+,45+,48-,49-,50?,51?,52?,53?,54+,55+/m1/s1. The third kappa shape index (κ3) is 28.8. The number of ether oxygens (including phenoxy) is 6. The molecular formula is C55H92O15. The molecular weight excluding hydrogens is 901 g/mol. The molecule has 0 spiro atoms. The average Bonchev–Trinajstić information content (AvgIpc) is 3.35. The van der Waals surface area contributed by atoms with Crippen LogP contribution >= 0.6 is 0 Å². The molecule has 2 aliphatic rings. The van der Waals surface area contributed by atoms with Gasteiger partial charge in [-0.05, 0) is 83.5 Å². The van der Waals surface area contributed by atoms with Crippen LogP contribution in [0.25, 0.3) is 0 Å². The lowest BCUT2D eigenvalue weighted by Crippen LogP contribution is -2.61. The molecule has 0 bridgehead atoms. The van der Waals surface area contributed by atoms with E-state index in [-0.39, 0.29) is 19.4 Å². The number of carbonyl (C=O) groups is 2. The van der Waals surface area contributed by atoms with Crippen LogP contribution in [0.15, 0.2) is 72.9 Å². The molecule has 7 N–H and O–H groups in total. The second-order valence-electron chi connectivity index (χ2n) is 18.3. The molecule has 2 rings (SSSR count). The molecule has 0 aromatic heterocycles. The summed E-state index contributed by atoms with van der Waals surface area (Å²) < 4.78 is 33.6. The first-order valence-corrected chi connectivity index (χ1v) is 26.5. The van der Waals surface area contributed by atoms with E-state index in [9.17, 15) is 45.3 Å². The van der Waals surface area contributed by atoms with Crippen molar-refractivity contribution in [2.75, 3.05) is 26.4 Å². The predicted molar refractivity (Wildman–Crippen MR) is 270 cm³/mol. The van der Waals surface area contributed by atoms with E-state index in [1.165, 1.54) is 38.5 Å². The van der Waals surface area contributed by atoms with E-state index in [4.69, 9.17) is 28.4 Å². The lowest BCUT2D eigenvalue weighted by atomic mass is 9.98. The van der Waals surface area contributed by atoms with Gasteiger partial charge in [0.2, 0.25) is 0 Å². The van der Waals surface area contributed by atoms with Gasteiger partial charge in [-0.1, -0.05) is 145 Å². The summed E-state index contributed by atoms with van der Waals surface area (Å²) in [6.45, 7) is 2.42. The Bertz CT molecular complexity index is 1490. The maximum Gasteiger partial charge on any atom is 0.306 e. The van der Waals surface area contributed by atoms with Crippen molar-refractivity contribution in [3.8, 4) is 0 Å². The molecule has 2 heterocycles.